The molecule has 3 rings (SSSR count). The number of aromatic carboxylic acids is 1. The molecule has 0 aliphatic carbocycles. The Kier molecular flexibility index (Phi) is 5.27. The Labute approximate surface area is 155 Å². The van der Waals surface area contributed by atoms with Crippen molar-refractivity contribution in [3.8, 4) is 0 Å². The number of carbonyl (C=O) groups is 2. The van der Waals surface area contributed by atoms with E-state index in [1.807, 2.05) is 0 Å². The highest BCUT2D eigenvalue weighted by molar-refractivity contribution is 6.31. The van der Waals surface area contributed by atoms with Crippen LogP contribution in [-0.2, 0) is 11.2 Å². The summed E-state index contributed by atoms with van der Waals surface area (Å²) in [5.41, 5.74) is 1.02. The van der Waals surface area contributed by atoms with Crippen LogP contribution in [0, 0.1) is 12.7 Å². The van der Waals surface area contributed by atoms with Crippen molar-refractivity contribution in [3.63, 3.8) is 0 Å². The van der Waals surface area contributed by atoms with E-state index in [1.54, 1.807) is 22.6 Å². The van der Waals surface area contributed by atoms with Crippen molar-refractivity contribution in [3.05, 3.63) is 52.1 Å². The summed E-state index contributed by atoms with van der Waals surface area (Å²) >= 11 is 5.99. The molecule has 2 aromatic rings. The van der Waals surface area contributed by atoms with E-state index in [0.717, 1.165) is 0 Å². The van der Waals surface area contributed by atoms with Gasteiger partial charge in [-0.2, -0.15) is 5.10 Å². The fourth-order valence-corrected chi connectivity index (χ4v) is 3.56. The standard InChI is InChI=1S/C18H19ClFN3O3/c1-11-14(18(25)26)10-21-23(11)12-5-7-22(8-6-12)17(24)9-13-15(19)3-2-4-16(13)20/h2-4,10,12H,5-9H2,1H3,(H,25,26). The Hall–Kier alpha value is -2.41. The minimum Gasteiger partial charge on any atom is -0.478 e. The molecule has 1 aliphatic rings. The van der Waals surface area contributed by atoms with Gasteiger partial charge in [0.05, 0.1) is 24.4 Å². The van der Waals surface area contributed by atoms with Crippen LogP contribution in [0.15, 0.2) is 24.4 Å². The summed E-state index contributed by atoms with van der Waals surface area (Å²) < 4.78 is 15.6. The molecule has 6 nitrogen and oxygen atoms in total. The fraction of sp³-hybridized carbons (Fsp3) is 0.389. The van der Waals surface area contributed by atoms with Gasteiger partial charge in [-0.15, -0.1) is 0 Å². The smallest absolute Gasteiger partial charge is 0.339 e. The van der Waals surface area contributed by atoms with Gasteiger partial charge < -0.3 is 10.0 Å². The molecule has 1 N–H and O–H groups in total. The van der Waals surface area contributed by atoms with E-state index in [0.29, 0.717) is 31.6 Å². The van der Waals surface area contributed by atoms with E-state index in [-0.39, 0.29) is 34.5 Å². The highest BCUT2D eigenvalue weighted by atomic mass is 35.5. The maximum Gasteiger partial charge on any atom is 0.339 e. The number of amides is 1. The lowest BCUT2D eigenvalue weighted by molar-refractivity contribution is -0.131. The molecule has 1 amide bonds. The number of likely N-dealkylation sites (tertiary alicyclic amines) is 1. The number of nitrogens with zero attached hydrogens (tertiary/aromatic N) is 3. The number of benzene rings is 1. The first-order valence-corrected chi connectivity index (χ1v) is 8.74. The first-order chi connectivity index (χ1) is 12.4. The highest BCUT2D eigenvalue weighted by Crippen LogP contribution is 2.26. The molecule has 138 valence electrons. The maximum absolute atomic E-state index is 13.9. The van der Waals surface area contributed by atoms with Crippen LogP contribution in [0.5, 0.6) is 0 Å². The molecule has 0 spiro atoms. The Morgan fingerprint density at radius 3 is 2.62 bits per heavy atom. The van der Waals surface area contributed by atoms with Crippen LogP contribution in [0.25, 0.3) is 0 Å². The van der Waals surface area contributed by atoms with Crippen molar-refractivity contribution in [2.45, 2.75) is 32.2 Å². The molecule has 1 fully saturated rings. The summed E-state index contributed by atoms with van der Waals surface area (Å²) in [5, 5.41) is 13.6. The zero-order valence-corrected chi connectivity index (χ0v) is 15.0. The molecule has 26 heavy (non-hydrogen) atoms. The van der Waals surface area contributed by atoms with Crippen molar-refractivity contribution in [1.82, 2.24) is 14.7 Å². The lowest BCUT2D eigenvalue weighted by Crippen LogP contribution is -2.40. The molecule has 0 saturated carbocycles. The number of hydrogen-bond donors (Lipinski definition) is 1. The Morgan fingerprint density at radius 1 is 1.35 bits per heavy atom. The van der Waals surface area contributed by atoms with Crippen molar-refractivity contribution in [2.75, 3.05) is 13.1 Å². The second-order valence-electron chi connectivity index (χ2n) is 6.38. The van der Waals surface area contributed by atoms with Gasteiger partial charge in [0.15, 0.2) is 0 Å². The summed E-state index contributed by atoms with van der Waals surface area (Å²) in [6, 6.07) is 4.42. The summed E-state index contributed by atoms with van der Waals surface area (Å²) in [6.45, 7) is 2.75. The van der Waals surface area contributed by atoms with E-state index in [9.17, 15) is 14.0 Å². The zero-order valence-electron chi connectivity index (χ0n) is 14.3. The molecule has 1 aromatic carbocycles. The van der Waals surface area contributed by atoms with Crippen molar-refractivity contribution < 1.29 is 19.1 Å². The second-order valence-corrected chi connectivity index (χ2v) is 6.79. The van der Waals surface area contributed by atoms with Crippen molar-refractivity contribution >= 4 is 23.5 Å². The fourth-order valence-electron chi connectivity index (χ4n) is 3.33. The Bertz CT molecular complexity index is 824. The minimum atomic E-state index is -0.997. The molecule has 1 aliphatic heterocycles. The van der Waals surface area contributed by atoms with E-state index in [2.05, 4.69) is 5.10 Å². The molecule has 0 bridgehead atoms. The number of carbonyl (C=O) groups excluding carboxylic acids is 1. The Balaban J connectivity index is 1.63. The molecule has 1 saturated heterocycles. The van der Waals surface area contributed by atoms with Gasteiger partial charge >= 0.3 is 5.97 Å². The molecule has 8 heteroatoms. The van der Waals surface area contributed by atoms with Crippen LogP contribution >= 0.6 is 11.6 Å². The monoisotopic (exact) mass is 379 g/mol. The molecule has 2 heterocycles. The van der Waals surface area contributed by atoms with E-state index in [4.69, 9.17) is 16.7 Å². The number of hydrogen-bond acceptors (Lipinski definition) is 3. The maximum atomic E-state index is 13.9. The molecular weight excluding hydrogens is 361 g/mol. The molecule has 0 unspecified atom stereocenters. The first-order valence-electron chi connectivity index (χ1n) is 8.36. The lowest BCUT2D eigenvalue weighted by atomic mass is 10.0. The molecule has 0 atom stereocenters. The molecule has 1 aromatic heterocycles. The number of aromatic nitrogens is 2. The van der Waals surface area contributed by atoms with Gasteiger partial charge in [0.25, 0.3) is 0 Å². The number of rotatable bonds is 4. The zero-order chi connectivity index (χ0) is 18.8. The van der Waals surface area contributed by atoms with Crippen LogP contribution in [0.4, 0.5) is 4.39 Å². The van der Waals surface area contributed by atoms with Crippen LogP contribution in [0.1, 0.15) is 40.5 Å². The van der Waals surface area contributed by atoms with Crippen molar-refractivity contribution in [2.24, 2.45) is 0 Å². The van der Waals surface area contributed by atoms with Gasteiger partial charge in [0, 0.05) is 23.7 Å². The summed E-state index contributed by atoms with van der Waals surface area (Å²) in [5.74, 6) is -1.64. The van der Waals surface area contributed by atoms with Crippen LogP contribution in [-0.4, -0.2) is 44.8 Å². The summed E-state index contributed by atoms with van der Waals surface area (Å²) in [6.07, 6.45) is 2.62. The average molecular weight is 380 g/mol. The second kappa shape index (κ2) is 7.45. The average Bonchev–Trinajstić information content (AvgIpc) is 3.00. The van der Waals surface area contributed by atoms with E-state index < -0.39 is 11.8 Å². The van der Waals surface area contributed by atoms with E-state index >= 15 is 0 Å². The number of halogens is 2. The molecular formula is C18H19ClFN3O3. The van der Waals surface area contributed by atoms with Crippen LogP contribution < -0.4 is 0 Å². The van der Waals surface area contributed by atoms with Crippen molar-refractivity contribution in [1.29, 1.82) is 0 Å². The topological polar surface area (TPSA) is 75.4 Å². The van der Waals surface area contributed by atoms with Gasteiger partial charge in [-0.1, -0.05) is 17.7 Å². The van der Waals surface area contributed by atoms with Gasteiger partial charge in [-0.05, 0) is 31.9 Å². The SMILES string of the molecule is Cc1c(C(=O)O)cnn1C1CCN(C(=O)Cc2c(F)cccc2Cl)CC1. The third-order valence-electron chi connectivity index (χ3n) is 4.83. The molecule has 0 radical (unpaired) electrons. The largest absolute Gasteiger partial charge is 0.478 e. The van der Waals surface area contributed by atoms with Gasteiger partial charge in [0.1, 0.15) is 11.4 Å². The van der Waals surface area contributed by atoms with Crippen LogP contribution in [0.3, 0.4) is 0 Å². The third kappa shape index (κ3) is 3.58. The first kappa shape index (κ1) is 18.4. The lowest BCUT2D eigenvalue weighted by Gasteiger charge is -2.32. The number of piperidine rings is 1. The van der Waals surface area contributed by atoms with Gasteiger partial charge in [0.2, 0.25) is 5.91 Å². The normalized spacial score (nSPS) is 15.3. The predicted octanol–water partition coefficient (Wildman–Crippen LogP) is 3.09. The predicted molar refractivity (Wildman–Crippen MR) is 93.9 cm³/mol. The summed E-state index contributed by atoms with van der Waals surface area (Å²) in [4.78, 5) is 25.3. The Morgan fingerprint density at radius 2 is 2.04 bits per heavy atom. The minimum absolute atomic E-state index is 0.0456. The summed E-state index contributed by atoms with van der Waals surface area (Å²) in [7, 11) is 0. The van der Waals surface area contributed by atoms with Crippen LogP contribution in [0.2, 0.25) is 5.02 Å². The van der Waals surface area contributed by atoms with Gasteiger partial charge in [-0.3, -0.25) is 9.48 Å². The number of carboxylic acids is 1. The van der Waals surface area contributed by atoms with E-state index in [1.165, 1.54) is 18.3 Å². The number of carboxylic acid groups (broad SMARTS) is 1. The van der Waals surface area contributed by atoms with Gasteiger partial charge in [-0.25, -0.2) is 9.18 Å². The third-order valence-corrected chi connectivity index (χ3v) is 5.18. The quantitative estimate of drug-likeness (QED) is 0.885. The highest BCUT2D eigenvalue weighted by Gasteiger charge is 2.27.